The fourth-order valence-corrected chi connectivity index (χ4v) is 3.67. The van der Waals surface area contributed by atoms with Crippen LogP contribution in [0.4, 0.5) is 0 Å². The van der Waals surface area contributed by atoms with Gasteiger partial charge in [0.2, 0.25) is 0 Å². The molecular weight excluding hydrogens is 346 g/mol. The minimum Gasteiger partial charge on any atom is -0.351 e. The predicted molar refractivity (Wildman–Crippen MR) is 104 cm³/mol. The summed E-state index contributed by atoms with van der Waals surface area (Å²) >= 11 is 0. The van der Waals surface area contributed by atoms with E-state index >= 15 is 0 Å². The third-order valence-corrected chi connectivity index (χ3v) is 5.21. The van der Waals surface area contributed by atoms with Crippen LogP contribution in [0.15, 0.2) is 21.7 Å². The van der Waals surface area contributed by atoms with Crippen LogP contribution < -0.4 is 16.6 Å². The number of hydrogen-bond donors (Lipinski definition) is 1. The van der Waals surface area contributed by atoms with Gasteiger partial charge in [0.25, 0.3) is 11.5 Å². The molecule has 27 heavy (non-hydrogen) atoms. The Morgan fingerprint density at radius 3 is 2.78 bits per heavy atom. The highest BCUT2D eigenvalue weighted by Gasteiger charge is 2.16. The first-order valence-corrected chi connectivity index (χ1v) is 9.46. The lowest BCUT2D eigenvalue weighted by molar-refractivity contribution is 0.0945. The van der Waals surface area contributed by atoms with Crippen LogP contribution in [0, 0.1) is 5.92 Å². The summed E-state index contributed by atoms with van der Waals surface area (Å²) in [4.78, 5) is 43.3. The fraction of sp³-hybridized carbons (Fsp3) is 0.579. The van der Waals surface area contributed by atoms with Crippen LogP contribution in [-0.4, -0.2) is 51.1 Å². The molecule has 0 saturated carbocycles. The monoisotopic (exact) mass is 373 g/mol. The smallest absolute Gasteiger partial charge is 0.332 e. The van der Waals surface area contributed by atoms with E-state index in [1.807, 2.05) is 0 Å². The van der Waals surface area contributed by atoms with E-state index in [4.69, 9.17) is 0 Å². The highest BCUT2D eigenvalue weighted by molar-refractivity contribution is 5.94. The van der Waals surface area contributed by atoms with Gasteiger partial charge in [-0.2, -0.15) is 0 Å². The molecule has 0 aromatic carbocycles. The highest BCUT2D eigenvalue weighted by atomic mass is 16.2. The summed E-state index contributed by atoms with van der Waals surface area (Å²) in [6, 6.07) is 3.07. The SMILES string of the molecule is CC1CCCN(CCCNC(=O)c2ccc3c(=O)n(C)c(=O)n(C)c3n2)C1. The van der Waals surface area contributed by atoms with Crippen molar-refractivity contribution < 1.29 is 4.79 Å². The van der Waals surface area contributed by atoms with Crippen LogP contribution in [0.1, 0.15) is 36.7 Å². The molecule has 1 N–H and O–H groups in total. The van der Waals surface area contributed by atoms with Gasteiger partial charge >= 0.3 is 5.69 Å². The lowest BCUT2D eigenvalue weighted by Crippen LogP contribution is -2.38. The Bertz CT molecular complexity index is 962. The topological polar surface area (TPSA) is 89.2 Å². The van der Waals surface area contributed by atoms with E-state index in [2.05, 4.69) is 22.1 Å². The number of aromatic nitrogens is 3. The third kappa shape index (κ3) is 4.10. The van der Waals surface area contributed by atoms with Crippen LogP contribution in [0.3, 0.4) is 0 Å². The molecule has 1 fully saturated rings. The molecule has 1 aliphatic heterocycles. The van der Waals surface area contributed by atoms with E-state index in [9.17, 15) is 14.4 Å². The molecule has 0 spiro atoms. The molecule has 3 heterocycles. The van der Waals surface area contributed by atoms with Gasteiger partial charge < -0.3 is 10.2 Å². The molecule has 0 bridgehead atoms. The van der Waals surface area contributed by atoms with Gasteiger partial charge in [-0.15, -0.1) is 0 Å². The number of rotatable bonds is 5. The van der Waals surface area contributed by atoms with Gasteiger partial charge in [0.1, 0.15) is 11.3 Å². The fourth-order valence-electron chi connectivity index (χ4n) is 3.67. The Labute approximate surface area is 157 Å². The summed E-state index contributed by atoms with van der Waals surface area (Å²) in [5.41, 5.74) is -0.452. The summed E-state index contributed by atoms with van der Waals surface area (Å²) in [5.74, 6) is 0.450. The second-order valence-corrected chi connectivity index (χ2v) is 7.43. The van der Waals surface area contributed by atoms with E-state index in [0.29, 0.717) is 11.9 Å². The van der Waals surface area contributed by atoms with Gasteiger partial charge in [-0.05, 0) is 50.4 Å². The zero-order chi connectivity index (χ0) is 19.6. The van der Waals surface area contributed by atoms with E-state index < -0.39 is 11.2 Å². The van der Waals surface area contributed by atoms with Crippen molar-refractivity contribution in [2.45, 2.75) is 26.2 Å². The van der Waals surface area contributed by atoms with Crippen molar-refractivity contribution in [3.63, 3.8) is 0 Å². The quantitative estimate of drug-likeness (QED) is 0.771. The number of carbonyl (C=O) groups is 1. The van der Waals surface area contributed by atoms with Crippen molar-refractivity contribution in [1.82, 2.24) is 24.3 Å². The second kappa shape index (κ2) is 8.04. The Morgan fingerprint density at radius 1 is 1.26 bits per heavy atom. The number of hydrogen-bond acceptors (Lipinski definition) is 5. The normalized spacial score (nSPS) is 18.0. The lowest BCUT2D eigenvalue weighted by atomic mass is 10.0. The molecule has 1 atom stereocenters. The van der Waals surface area contributed by atoms with E-state index in [0.717, 1.165) is 36.5 Å². The summed E-state index contributed by atoms with van der Waals surface area (Å²) in [5, 5.41) is 3.19. The van der Waals surface area contributed by atoms with E-state index in [1.54, 1.807) is 13.1 Å². The molecule has 146 valence electrons. The molecule has 0 radical (unpaired) electrons. The Balaban J connectivity index is 1.64. The minimum atomic E-state index is -0.465. The third-order valence-electron chi connectivity index (χ3n) is 5.21. The van der Waals surface area contributed by atoms with Crippen molar-refractivity contribution in [2.24, 2.45) is 20.0 Å². The molecular formula is C19H27N5O3. The van der Waals surface area contributed by atoms with Crippen molar-refractivity contribution in [3.05, 3.63) is 38.7 Å². The maximum Gasteiger partial charge on any atom is 0.332 e. The molecule has 2 aromatic heterocycles. The van der Waals surface area contributed by atoms with Crippen molar-refractivity contribution >= 4 is 16.9 Å². The molecule has 2 aromatic rings. The van der Waals surface area contributed by atoms with Gasteiger partial charge in [0, 0.05) is 27.2 Å². The zero-order valence-electron chi connectivity index (χ0n) is 16.2. The average Bonchev–Trinajstić information content (AvgIpc) is 2.67. The van der Waals surface area contributed by atoms with Gasteiger partial charge in [0.15, 0.2) is 0 Å². The minimum absolute atomic E-state index is 0.206. The van der Waals surface area contributed by atoms with Gasteiger partial charge in [0.05, 0.1) is 5.39 Å². The van der Waals surface area contributed by atoms with E-state index in [1.165, 1.54) is 30.5 Å². The number of nitrogens with zero attached hydrogens (tertiary/aromatic N) is 4. The molecule has 1 amide bonds. The van der Waals surface area contributed by atoms with Crippen LogP contribution >= 0.6 is 0 Å². The number of aryl methyl sites for hydroxylation is 1. The summed E-state index contributed by atoms with van der Waals surface area (Å²) in [6.45, 7) is 6.08. The van der Waals surface area contributed by atoms with Crippen molar-refractivity contribution in [3.8, 4) is 0 Å². The van der Waals surface area contributed by atoms with Crippen LogP contribution in [0.5, 0.6) is 0 Å². The van der Waals surface area contributed by atoms with Crippen LogP contribution in [0.25, 0.3) is 11.0 Å². The number of likely N-dealkylation sites (tertiary alicyclic amines) is 1. The Morgan fingerprint density at radius 2 is 2.04 bits per heavy atom. The number of nitrogens with one attached hydrogen (secondary N) is 1. The molecule has 8 heteroatoms. The summed E-state index contributed by atoms with van der Waals surface area (Å²) < 4.78 is 2.32. The Hall–Kier alpha value is -2.48. The van der Waals surface area contributed by atoms with Gasteiger partial charge in [-0.1, -0.05) is 6.92 Å². The average molecular weight is 373 g/mol. The summed E-state index contributed by atoms with van der Waals surface area (Å²) in [7, 11) is 2.96. The first-order valence-electron chi connectivity index (χ1n) is 9.46. The first-order chi connectivity index (χ1) is 12.9. The zero-order valence-corrected chi connectivity index (χ0v) is 16.2. The number of carbonyl (C=O) groups excluding carboxylic acids is 1. The van der Waals surface area contributed by atoms with Gasteiger partial charge in [-0.25, -0.2) is 9.78 Å². The lowest BCUT2D eigenvalue weighted by Gasteiger charge is -2.30. The predicted octanol–water partition coefficient (Wildman–Crippen LogP) is 0.484. The number of amides is 1. The van der Waals surface area contributed by atoms with Crippen molar-refractivity contribution in [1.29, 1.82) is 0 Å². The molecule has 3 rings (SSSR count). The molecule has 0 aliphatic carbocycles. The van der Waals surface area contributed by atoms with Crippen molar-refractivity contribution in [2.75, 3.05) is 26.2 Å². The molecule has 1 aliphatic rings. The molecule has 1 saturated heterocycles. The molecule has 1 unspecified atom stereocenters. The maximum atomic E-state index is 12.4. The number of piperidine rings is 1. The number of pyridine rings is 1. The number of fused-ring (bicyclic) bond motifs is 1. The van der Waals surface area contributed by atoms with Crippen LogP contribution in [-0.2, 0) is 14.1 Å². The standard InChI is InChI=1S/C19H27N5O3/c1-13-6-4-10-24(12-13)11-5-9-20-17(25)15-8-7-14-16(21-15)22(2)19(27)23(3)18(14)26/h7-8,13H,4-6,9-12H2,1-3H3,(H,20,25). The molecule has 8 nitrogen and oxygen atoms in total. The van der Waals surface area contributed by atoms with Gasteiger partial charge in [-0.3, -0.25) is 18.7 Å². The summed E-state index contributed by atoms with van der Waals surface area (Å²) in [6.07, 6.45) is 3.42. The maximum absolute atomic E-state index is 12.4. The Kier molecular flexibility index (Phi) is 5.74. The second-order valence-electron chi connectivity index (χ2n) is 7.43. The first kappa shape index (κ1) is 19.3. The largest absolute Gasteiger partial charge is 0.351 e. The highest BCUT2D eigenvalue weighted by Crippen LogP contribution is 2.15. The van der Waals surface area contributed by atoms with Crippen LogP contribution in [0.2, 0.25) is 0 Å². The van der Waals surface area contributed by atoms with E-state index in [-0.39, 0.29) is 17.2 Å².